The van der Waals surface area contributed by atoms with E-state index < -0.39 is 5.54 Å². The third-order valence-electron chi connectivity index (χ3n) is 2.85. The van der Waals surface area contributed by atoms with Gasteiger partial charge in [-0.25, -0.2) is 0 Å². The summed E-state index contributed by atoms with van der Waals surface area (Å²) >= 11 is 0. The minimum Gasteiger partial charge on any atom is -0.379 e. The first-order valence-corrected chi connectivity index (χ1v) is 5.36. The first-order valence-electron chi connectivity index (χ1n) is 5.36. The average Bonchev–Trinajstić information content (AvgIpc) is 2.85. The van der Waals surface area contributed by atoms with Gasteiger partial charge in [0.25, 0.3) is 0 Å². The Morgan fingerprint density at radius 3 is 3.12 bits per heavy atom. The van der Waals surface area contributed by atoms with Crippen molar-refractivity contribution >= 4 is 5.91 Å². The molecule has 0 aromatic carbocycles. The van der Waals surface area contributed by atoms with Crippen LogP contribution in [0.3, 0.4) is 0 Å². The van der Waals surface area contributed by atoms with Crippen molar-refractivity contribution in [2.24, 2.45) is 12.8 Å². The number of rotatable bonds is 3. The van der Waals surface area contributed by atoms with E-state index in [4.69, 9.17) is 10.5 Å². The molecule has 1 aliphatic heterocycles. The van der Waals surface area contributed by atoms with E-state index in [9.17, 15) is 4.79 Å². The summed E-state index contributed by atoms with van der Waals surface area (Å²) in [5.41, 5.74) is 6.16. The van der Waals surface area contributed by atoms with Crippen molar-refractivity contribution in [3.05, 3.63) is 24.0 Å². The number of aryl methyl sites for hydroxylation is 1. The van der Waals surface area contributed by atoms with Gasteiger partial charge in [0.15, 0.2) is 0 Å². The lowest BCUT2D eigenvalue weighted by Gasteiger charge is -2.20. The summed E-state index contributed by atoms with van der Waals surface area (Å²) in [6.07, 6.45) is 4.50. The Balaban J connectivity index is 1.88. The van der Waals surface area contributed by atoms with Crippen LogP contribution >= 0.6 is 0 Å². The van der Waals surface area contributed by atoms with Gasteiger partial charge >= 0.3 is 0 Å². The normalized spacial score (nSPS) is 24.6. The van der Waals surface area contributed by atoms with Crippen LogP contribution in [-0.2, 0) is 23.1 Å². The van der Waals surface area contributed by atoms with Crippen molar-refractivity contribution in [3.63, 3.8) is 0 Å². The molecule has 1 fully saturated rings. The van der Waals surface area contributed by atoms with Gasteiger partial charge in [-0.05, 0) is 18.1 Å². The van der Waals surface area contributed by atoms with Crippen molar-refractivity contribution in [1.29, 1.82) is 0 Å². The van der Waals surface area contributed by atoms with Crippen molar-refractivity contribution < 1.29 is 9.53 Å². The number of hydrogen-bond acceptors (Lipinski definition) is 3. The molecule has 1 saturated heterocycles. The van der Waals surface area contributed by atoms with Crippen LogP contribution in [0.5, 0.6) is 0 Å². The van der Waals surface area contributed by atoms with Gasteiger partial charge in [0, 0.05) is 32.6 Å². The molecule has 5 heteroatoms. The predicted molar refractivity (Wildman–Crippen MR) is 59.6 cm³/mol. The van der Waals surface area contributed by atoms with E-state index in [0.29, 0.717) is 26.2 Å². The number of carbonyl (C=O) groups is 1. The van der Waals surface area contributed by atoms with Crippen LogP contribution in [0.4, 0.5) is 0 Å². The van der Waals surface area contributed by atoms with Gasteiger partial charge < -0.3 is 20.4 Å². The molecule has 16 heavy (non-hydrogen) atoms. The second-order valence-corrected chi connectivity index (χ2v) is 4.33. The van der Waals surface area contributed by atoms with E-state index in [1.54, 1.807) is 0 Å². The molecule has 0 aliphatic carbocycles. The highest BCUT2D eigenvalue weighted by atomic mass is 16.5. The third kappa shape index (κ3) is 2.25. The minimum absolute atomic E-state index is 0.131. The Kier molecular flexibility index (Phi) is 2.98. The van der Waals surface area contributed by atoms with Gasteiger partial charge in [-0.15, -0.1) is 0 Å². The number of nitrogens with zero attached hydrogens (tertiary/aromatic N) is 1. The molecular weight excluding hydrogens is 206 g/mol. The van der Waals surface area contributed by atoms with Gasteiger partial charge in [0.1, 0.15) is 5.54 Å². The van der Waals surface area contributed by atoms with Gasteiger partial charge in [-0.2, -0.15) is 0 Å². The van der Waals surface area contributed by atoms with Gasteiger partial charge in [0.2, 0.25) is 5.91 Å². The van der Waals surface area contributed by atoms with Crippen LogP contribution in [0.25, 0.3) is 0 Å². The fourth-order valence-electron chi connectivity index (χ4n) is 1.78. The van der Waals surface area contributed by atoms with Crippen LogP contribution in [0, 0.1) is 0 Å². The molecule has 1 aliphatic rings. The maximum atomic E-state index is 11.8. The molecule has 0 saturated carbocycles. The Morgan fingerprint density at radius 1 is 1.75 bits per heavy atom. The van der Waals surface area contributed by atoms with E-state index >= 15 is 0 Å². The number of nitrogens with one attached hydrogen (secondary N) is 1. The SMILES string of the molecule is Cn1ccc(CNC(=O)C2(N)CCOC2)c1. The molecule has 3 N–H and O–H groups in total. The fourth-order valence-corrected chi connectivity index (χ4v) is 1.78. The molecule has 1 amide bonds. The highest BCUT2D eigenvalue weighted by molar-refractivity contribution is 5.86. The van der Waals surface area contributed by atoms with E-state index in [-0.39, 0.29) is 5.91 Å². The van der Waals surface area contributed by atoms with Crippen LogP contribution < -0.4 is 11.1 Å². The molecule has 2 heterocycles. The Labute approximate surface area is 94.6 Å². The molecule has 1 unspecified atom stereocenters. The summed E-state index contributed by atoms with van der Waals surface area (Å²) in [4.78, 5) is 11.8. The number of hydrogen-bond donors (Lipinski definition) is 2. The molecular formula is C11H17N3O2. The predicted octanol–water partition coefficient (Wildman–Crippen LogP) is -0.241. The molecule has 1 aromatic heterocycles. The second-order valence-electron chi connectivity index (χ2n) is 4.33. The first-order chi connectivity index (χ1) is 7.60. The third-order valence-corrected chi connectivity index (χ3v) is 2.85. The van der Waals surface area contributed by atoms with Crippen LogP contribution in [-0.4, -0.2) is 29.2 Å². The number of nitrogens with two attached hydrogens (primary N) is 1. The zero-order valence-corrected chi connectivity index (χ0v) is 9.40. The fraction of sp³-hybridized carbons (Fsp3) is 0.545. The Bertz CT molecular complexity index is 380. The largest absolute Gasteiger partial charge is 0.379 e. The van der Waals surface area contributed by atoms with Crippen molar-refractivity contribution in [2.75, 3.05) is 13.2 Å². The van der Waals surface area contributed by atoms with Gasteiger partial charge in [-0.3, -0.25) is 4.79 Å². The van der Waals surface area contributed by atoms with Crippen molar-refractivity contribution in [3.8, 4) is 0 Å². The molecule has 5 nitrogen and oxygen atoms in total. The van der Waals surface area contributed by atoms with E-state index in [1.807, 2.05) is 30.1 Å². The highest BCUT2D eigenvalue weighted by Crippen LogP contribution is 2.15. The second kappa shape index (κ2) is 4.27. The lowest BCUT2D eigenvalue weighted by Crippen LogP contribution is -2.54. The van der Waals surface area contributed by atoms with Gasteiger partial charge in [-0.1, -0.05) is 0 Å². The Morgan fingerprint density at radius 2 is 2.56 bits per heavy atom. The van der Waals surface area contributed by atoms with Crippen LogP contribution in [0.1, 0.15) is 12.0 Å². The lowest BCUT2D eigenvalue weighted by molar-refractivity contribution is -0.126. The molecule has 0 spiro atoms. The van der Waals surface area contributed by atoms with Crippen molar-refractivity contribution in [1.82, 2.24) is 9.88 Å². The van der Waals surface area contributed by atoms with E-state index in [0.717, 1.165) is 5.56 Å². The van der Waals surface area contributed by atoms with Gasteiger partial charge in [0.05, 0.1) is 6.61 Å². The highest BCUT2D eigenvalue weighted by Gasteiger charge is 2.37. The summed E-state index contributed by atoms with van der Waals surface area (Å²) < 4.78 is 7.09. The monoisotopic (exact) mass is 223 g/mol. The summed E-state index contributed by atoms with van der Waals surface area (Å²) in [5, 5.41) is 2.84. The maximum Gasteiger partial charge on any atom is 0.242 e. The number of aromatic nitrogens is 1. The maximum absolute atomic E-state index is 11.8. The van der Waals surface area contributed by atoms with Crippen LogP contribution in [0.2, 0.25) is 0 Å². The Hall–Kier alpha value is -1.33. The summed E-state index contributed by atoms with van der Waals surface area (Å²) in [5.74, 6) is -0.131. The quantitative estimate of drug-likeness (QED) is 0.743. The van der Waals surface area contributed by atoms with Crippen LogP contribution in [0.15, 0.2) is 18.5 Å². The zero-order valence-electron chi connectivity index (χ0n) is 9.40. The molecule has 1 aromatic rings. The molecule has 0 radical (unpaired) electrons. The minimum atomic E-state index is -0.839. The zero-order chi connectivity index (χ0) is 11.6. The lowest BCUT2D eigenvalue weighted by atomic mass is 9.99. The average molecular weight is 223 g/mol. The molecule has 2 rings (SSSR count). The number of ether oxygens (including phenoxy) is 1. The first kappa shape index (κ1) is 11.2. The smallest absolute Gasteiger partial charge is 0.242 e. The standard InChI is InChI=1S/C11H17N3O2/c1-14-4-2-9(7-14)6-13-10(15)11(12)3-5-16-8-11/h2,4,7H,3,5-6,8,12H2,1H3,(H,13,15). The summed E-state index contributed by atoms with van der Waals surface area (Å²) in [6.45, 7) is 1.39. The van der Waals surface area contributed by atoms with E-state index in [1.165, 1.54) is 0 Å². The summed E-state index contributed by atoms with van der Waals surface area (Å²) in [7, 11) is 1.94. The van der Waals surface area contributed by atoms with Crippen molar-refractivity contribution in [2.45, 2.75) is 18.5 Å². The topological polar surface area (TPSA) is 69.3 Å². The van der Waals surface area contributed by atoms with E-state index in [2.05, 4.69) is 5.32 Å². The molecule has 1 atom stereocenters. The molecule has 0 bridgehead atoms. The number of carbonyl (C=O) groups excluding carboxylic acids is 1. The number of amides is 1. The molecule has 88 valence electrons. The summed E-state index contributed by atoms with van der Waals surface area (Å²) in [6, 6.07) is 1.97.